The zero-order chi connectivity index (χ0) is 14.5. The Hall–Kier alpha value is -2.04. The first kappa shape index (κ1) is 14.4. The lowest BCUT2D eigenvalue weighted by Crippen LogP contribution is -2.11. The van der Waals surface area contributed by atoms with Crippen LogP contribution in [0.5, 0.6) is 0 Å². The van der Waals surface area contributed by atoms with E-state index in [9.17, 15) is 0 Å². The van der Waals surface area contributed by atoms with Crippen LogP contribution in [0.15, 0.2) is 18.5 Å². The van der Waals surface area contributed by atoms with Crippen LogP contribution in [0, 0.1) is 6.92 Å². The summed E-state index contributed by atoms with van der Waals surface area (Å²) < 4.78 is 0. The minimum absolute atomic E-state index is 0.375. The van der Waals surface area contributed by atoms with Gasteiger partial charge in [-0.3, -0.25) is 0 Å². The van der Waals surface area contributed by atoms with Gasteiger partial charge in [-0.2, -0.15) is 0 Å². The second-order valence-electron chi connectivity index (χ2n) is 5.05. The second kappa shape index (κ2) is 6.41. The van der Waals surface area contributed by atoms with Crippen molar-refractivity contribution in [3.8, 4) is 11.6 Å². The molecular weight excluding hydrogens is 250 g/mol. The lowest BCUT2D eigenvalue weighted by atomic mass is 10.0. The van der Waals surface area contributed by atoms with Gasteiger partial charge in [0.2, 0.25) is 0 Å². The third-order valence-corrected chi connectivity index (χ3v) is 3.02. The molecule has 5 heteroatoms. The molecule has 20 heavy (non-hydrogen) atoms. The molecular formula is C15H21N5. The van der Waals surface area contributed by atoms with Crippen LogP contribution >= 0.6 is 0 Å². The Labute approximate surface area is 119 Å². The van der Waals surface area contributed by atoms with Crippen molar-refractivity contribution in [2.75, 3.05) is 11.9 Å². The van der Waals surface area contributed by atoms with Gasteiger partial charge in [0.05, 0.1) is 0 Å². The SMILES string of the molecule is CCCNc1nc(-c2ncccn2)nc(C)c1C(C)C. The van der Waals surface area contributed by atoms with Crippen molar-refractivity contribution in [1.82, 2.24) is 19.9 Å². The van der Waals surface area contributed by atoms with Crippen LogP contribution in [0.2, 0.25) is 0 Å². The summed E-state index contributed by atoms with van der Waals surface area (Å²) in [6.45, 7) is 9.35. The Kier molecular flexibility index (Phi) is 4.61. The van der Waals surface area contributed by atoms with Crippen molar-refractivity contribution in [3.63, 3.8) is 0 Å². The maximum absolute atomic E-state index is 4.62. The smallest absolute Gasteiger partial charge is 0.199 e. The molecule has 0 saturated carbocycles. The largest absolute Gasteiger partial charge is 0.370 e. The molecule has 0 aliphatic rings. The van der Waals surface area contributed by atoms with Gasteiger partial charge in [0, 0.05) is 30.2 Å². The first-order valence-electron chi connectivity index (χ1n) is 7.03. The molecule has 0 aliphatic carbocycles. The molecule has 0 aliphatic heterocycles. The normalized spacial score (nSPS) is 10.8. The predicted molar refractivity (Wildman–Crippen MR) is 80.7 cm³/mol. The lowest BCUT2D eigenvalue weighted by Gasteiger charge is -2.16. The highest BCUT2D eigenvalue weighted by atomic mass is 15.1. The van der Waals surface area contributed by atoms with Gasteiger partial charge >= 0.3 is 0 Å². The van der Waals surface area contributed by atoms with Crippen LogP contribution in [0.4, 0.5) is 5.82 Å². The molecule has 0 unspecified atom stereocenters. The van der Waals surface area contributed by atoms with Gasteiger partial charge in [0.15, 0.2) is 11.6 Å². The molecule has 2 heterocycles. The van der Waals surface area contributed by atoms with Gasteiger partial charge in [0.25, 0.3) is 0 Å². The van der Waals surface area contributed by atoms with Gasteiger partial charge in [-0.25, -0.2) is 19.9 Å². The fourth-order valence-corrected chi connectivity index (χ4v) is 2.17. The van der Waals surface area contributed by atoms with E-state index in [1.807, 2.05) is 6.92 Å². The van der Waals surface area contributed by atoms with Gasteiger partial charge in [0.1, 0.15) is 5.82 Å². The van der Waals surface area contributed by atoms with E-state index in [1.165, 1.54) is 0 Å². The topological polar surface area (TPSA) is 63.6 Å². The highest BCUT2D eigenvalue weighted by molar-refractivity contribution is 5.55. The third kappa shape index (κ3) is 3.10. The second-order valence-corrected chi connectivity index (χ2v) is 5.05. The number of nitrogens with one attached hydrogen (secondary N) is 1. The minimum atomic E-state index is 0.375. The van der Waals surface area contributed by atoms with Crippen LogP contribution in [0.3, 0.4) is 0 Å². The van der Waals surface area contributed by atoms with Gasteiger partial charge < -0.3 is 5.32 Å². The molecule has 0 aromatic carbocycles. The summed E-state index contributed by atoms with van der Waals surface area (Å²) in [6, 6.07) is 1.79. The summed E-state index contributed by atoms with van der Waals surface area (Å²) in [5, 5.41) is 3.39. The van der Waals surface area contributed by atoms with E-state index < -0.39 is 0 Å². The third-order valence-electron chi connectivity index (χ3n) is 3.02. The summed E-state index contributed by atoms with van der Waals surface area (Å²) in [6.07, 6.45) is 4.46. The summed E-state index contributed by atoms with van der Waals surface area (Å²) in [7, 11) is 0. The zero-order valence-electron chi connectivity index (χ0n) is 12.5. The molecule has 0 saturated heterocycles. The molecule has 106 valence electrons. The van der Waals surface area contributed by atoms with Crippen LogP contribution in [0.1, 0.15) is 44.4 Å². The Bertz CT molecular complexity index is 566. The van der Waals surface area contributed by atoms with Crippen molar-refractivity contribution < 1.29 is 0 Å². The van der Waals surface area contributed by atoms with E-state index >= 15 is 0 Å². The standard InChI is InChI=1S/C15H21N5/c1-5-7-16-13-12(10(2)3)11(4)19-15(20-13)14-17-8-6-9-18-14/h6,8-10H,5,7H2,1-4H3,(H,16,19,20). The summed E-state index contributed by atoms with van der Waals surface area (Å²) in [5.74, 6) is 2.41. The number of hydrogen-bond acceptors (Lipinski definition) is 5. The molecule has 0 bridgehead atoms. The van der Waals surface area contributed by atoms with Crippen LogP contribution in [0.25, 0.3) is 11.6 Å². The number of nitrogens with zero attached hydrogens (tertiary/aromatic N) is 4. The van der Waals surface area contributed by atoms with E-state index in [1.54, 1.807) is 18.5 Å². The molecule has 2 aromatic heterocycles. The molecule has 0 fully saturated rings. The van der Waals surface area contributed by atoms with Crippen molar-refractivity contribution in [2.24, 2.45) is 0 Å². The quantitative estimate of drug-likeness (QED) is 0.904. The molecule has 0 amide bonds. The Morgan fingerprint density at radius 1 is 1.10 bits per heavy atom. The molecule has 2 rings (SSSR count). The highest BCUT2D eigenvalue weighted by Crippen LogP contribution is 2.27. The molecule has 0 radical (unpaired) electrons. The van der Waals surface area contributed by atoms with Crippen LogP contribution in [-0.4, -0.2) is 26.5 Å². The summed E-state index contributed by atoms with van der Waals surface area (Å²) >= 11 is 0. The fraction of sp³-hybridized carbons (Fsp3) is 0.467. The molecule has 2 aromatic rings. The zero-order valence-corrected chi connectivity index (χ0v) is 12.5. The number of anilines is 1. The number of aryl methyl sites for hydroxylation is 1. The molecule has 1 N–H and O–H groups in total. The van der Waals surface area contributed by atoms with E-state index in [4.69, 9.17) is 0 Å². The number of hydrogen-bond donors (Lipinski definition) is 1. The number of aromatic nitrogens is 4. The van der Waals surface area contributed by atoms with Crippen LogP contribution in [-0.2, 0) is 0 Å². The van der Waals surface area contributed by atoms with Crippen molar-refractivity contribution in [2.45, 2.75) is 40.0 Å². The fourth-order valence-electron chi connectivity index (χ4n) is 2.17. The lowest BCUT2D eigenvalue weighted by molar-refractivity contribution is 0.824. The van der Waals surface area contributed by atoms with Crippen LogP contribution < -0.4 is 5.32 Å². The molecule has 0 spiro atoms. The number of rotatable bonds is 5. The maximum Gasteiger partial charge on any atom is 0.199 e. The average Bonchev–Trinajstić information content (AvgIpc) is 2.45. The average molecular weight is 271 g/mol. The summed E-state index contributed by atoms with van der Waals surface area (Å²) in [4.78, 5) is 17.6. The predicted octanol–water partition coefficient (Wildman–Crippen LogP) is 3.19. The van der Waals surface area contributed by atoms with Crippen molar-refractivity contribution in [1.29, 1.82) is 0 Å². The highest BCUT2D eigenvalue weighted by Gasteiger charge is 2.16. The van der Waals surface area contributed by atoms with Gasteiger partial charge in [-0.15, -0.1) is 0 Å². The van der Waals surface area contributed by atoms with Gasteiger partial charge in [-0.1, -0.05) is 20.8 Å². The molecule has 5 nitrogen and oxygen atoms in total. The first-order valence-corrected chi connectivity index (χ1v) is 7.03. The Morgan fingerprint density at radius 2 is 1.80 bits per heavy atom. The monoisotopic (exact) mass is 271 g/mol. The van der Waals surface area contributed by atoms with Gasteiger partial charge in [-0.05, 0) is 25.3 Å². The van der Waals surface area contributed by atoms with E-state index in [-0.39, 0.29) is 0 Å². The summed E-state index contributed by atoms with van der Waals surface area (Å²) in [5.41, 5.74) is 2.15. The first-order chi connectivity index (χ1) is 9.63. The Balaban J connectivity index is 2.49. The van der Waals surface area contributed by atoms with E-state index in [0.29, 0.717) is 17.6 Å². The maximum atomic E-state index is 4.62. The Morgan fingerprint density at radius 3 is 2.40 bits per heavy atom. The van der Waals surface area contributed by atoms with Crippen molar-refractivity contribution in [3.05, 3.63) is 29.7 Å². The molecule has 0 atom stereocenters. The minimum Gasteiger partial charge on any atom is -0.370 e. The van der Waals surface area contributed by atoms with Crippen molar-refractivity contribution >= 4 is 5.82 Å². The van der Waals surface area contributed by atoms with E-state index in [0.717, 1.165) is 30.0 Å². The van der Waals surface area contributed by atoms with E-state index in [2.05, 4.69) is 46.0 Å².